The zero-order chi connectivity index (χ0) is 15.5. The van der Waals surface area contributed by atoms with Crippen LogP contribution in [0.25, 0.3) is 0 Å². The van der Waals surface area contributed by atoms with Crippen LogP contribution in [0.2, 0.25) is 0 Å². The molecule has 7 heteroatoms. The van der Waals surface area contributed by atoms with Crippen molar-refractivity contribution in [1.82, 2.24) is 0 Å². The minimum Gasteiger partial charge on any atom is -0.465 e. The van der Waals surface area contributed by atoms with E-state index in [-0.39, 0.29) is 12.2 Å². The summed E-state index contributed by atoms with van der Waals surface area (Å²) in [6.07, 6.45) is 0. The number of rotatable bonds is 4. The number of carbonyl (C=O) groups excluding carboxylic acids is 2. The largest absolute Gasteiger partial charge is 0.465 e. The van der Waals surface area contributed by atoms with Gasteiger partial charge in [-0.1, -0.05) is 0 Å². The summed E-state index contributed by atoms with van der Waals surface area (Å²) in [5, 5.41) is 2.28. The molecule has 1 aromatic rings. The molecule has 110 valence electrons. The average Bonchev–Trinajstić information content (AvgIpc) is 2.40. The molecule has 20 heavy (non-hydrogen) atoms. The number of halogens is 2. The van der Waals surface area contributed by atoms with Crippen LogP contribution in [0.3, 0.4) is 0 Å². The monoisotopic (exact) mass is 286 g/mol. The molecular weight excluding hydrogens is 270 g/mol. The molecule has 0 aliphatic rings. The molecule has 1 amide bonds. The number of esters is 1. The lowest BCUT2D eigenvalue weighted by atomic mass is 9.92. The van der Waals surface area contributed by atoms with E-state index >= 15 is 0 Å². The van der Waals surface area contributed by atoms with Crippen LogP contribution in [0, 0.1) is 17.0 Å². The first-order chi connectivity index (χ1) is 9.22. The second kappa shape index (κ2) is 5.96. The molecule has 0 heterocycles. The Balaban J connectivity index is 3.13. The van der Waals surface area contributed by atoms with E-state index in [1.54, 1.807) is 13.8 Å². The Morgan fingerprint density at radius 3 is 2.40 bits per heavy atom. The molecule has 0 unspecified atom stereocenters. The Bertz CT molecular complexity index is 545. The number of amides is 1. The normalized spacial score (nSPS) is 11.1. The maximum atomic E-state index is 13.6. The van der Waals surface area contributed by atoms with Crippen molar-refractivity contribution < 1.29 is 23.1 Å². The minimum atomic E-state index is -1.06. The topological polar surface area (TPSA) is 81.4 Å². The summed E-state index contributed by atoms with van der Waals surface area (Å²) in [7, 11) is 1.07. The van der Waals surface area contributed by atoms with Gasteiger partial charge in [0, 0.05) is 12.6 Å². The Kier molecular flexibility index (Phi) is 4.78. The standard InChI is InChI=1S/C13H16F2N2O3/c1-13(2,6-16)12(19)17-10-4-7(11(18)20-3)8(14)5-9(10)15/h4-5H,6,16H2,1-3H3,(H,17,19). The van der Waals surface area contributed by atoms with Gasteiger partial charge >= 0.3 is 5.97 Å². The summed E-state index contributed by atoms with van der Waals surface area (Å²) in [6, 6.07) is 1.40. The van der Waals surface area contributed by atoms with Crippen LogP contribution in [0.4, 0.5) is 14.5 Å². The summed E-state index contributed by atoms with van der Waals surface area (Å²) in [5.74, 6) is -3.56. The smallest absolute Gasteiger partial charge is 0.340 e. The molecule has 0 bridgehead atoms. The SMILES string of the molecule is COC(=O)c1cc(NC(=O)C(C)(C)CN)c(F)cc1F. The van der Waals surface area contributed by atoms with Gasteiger partial charge in [-0.3, -0.25) is 4.79 Å². The number of nitrogens with two attached hydrogens (primary N) is 1. The van der Waals surface area contributed by atoms with Gasteiger partial charge in [0.25, 0.3) is 0 Å². The summed E-state index contributed by atoms with van der Waals surface area (Å²) in [5.41, 5.74) is 3.74. The van der Waals surface area contributed by atoms with Gasteiger partial charge in [-0.2, -0.15) is 0 Å². The van der Waals surface area contributed by atoms with Crippen molar-refractivity contribution in [2.45, 2.75) is 13.8 Å². The number of hydrogen-bond donors (Lipinski definition) is 2. The second-order valence-corrected chi connectivity index (χ2v) is 4.85. The number of methoxy groups -OCH3 is 1. The highest BCUT2D eigenvalue weighted by molar-refractivity contribution is 5.97. The minimum absolute atomic E-state index is 0.0471. The molecule has 0 aliphatic heterocycles. The highest BCUT2D eigenvalue weighted by Gasteiger charge is 2.27. The van der Waals surface area contributed by atoms with Crippen LogP contribution in [0.5, 0.6) is 0 Å². The molecule has 0 spiro atoms. The zero-order valence-corrected chi connectivity index (χ0v) is 11.4. The van der Waals surface area contributed by atoms with Crippen LogP contribution < -0.4 is 11.1 Å². The van der Waals surface area contributed by atoms with E-state index < -0.39 is 34.5 Å². The van der Waals surface area contributed by atoms with E-state index in [4.69, 9.17) is 5.73 Å². The summed E-state index contributed by atoms with van der Waals surface area (Å²) < 4.78 is 31.4. The van der Waals surface area contributed by atoms with E-state index in [0.717, 1.165) is 13.2 Å². The fourth-order valence-corrected chi connectivity index (χ4v) is 1.30. The van der Waals surface area contributed by atoms with Gasteiger partial charge in [0.1, 0.15) is 11.6 Å². The molecule has 3 N–H and O–H groups in total. The van der Waals surface area contributed by atoms with E-state index in [2.05, 4.69) is 10.1 Å². The molecule has 0 aliphatic carbocycles. The Morgan fingerprint density at radius 1 is 1.30 bits per heavy atom. The molecular formula is C13H16F2N2O3. The van der Waals surface area contributed by atoms with E-state index in [1.807, 2.05) is 0 Å². The molecule has 1 aromatic carbocycles. The quantitative estimate of drug-likeness (QED) is 0.825. The van der Waals surface area contributed by atoms with Crippen molar-refractivity contribution in [2.24, 2.45) is 11.1 Å². The molecule has 0 saturated heterocycles. The van der Waals surface area contributed by atoms with Crippen molar-refractivity contribution >= 4 is 17.6 Å². The molecule has 0 saturated carbocycles. The summed E-state index contributed by atoms with van der Waals surface area (Å²) in [4.78, 5) is 23.2. The van der Waals surface area contributed by atoms with Crippen molar-refractivity contribution in [3.8, 4) is 0 Å². The predicted octanol–water partition coefficient (Wildman–Crippen LogP) is 1.67. The lowest BCUT2D eigenvalue weighted by Gasteiger charge is -2.21. The van der Waals surface area contributed by atoms with Crippen LogP contribution in [-0.2, 0) is 9.53 Å². The number of anilines is 1. The van der Waals surface area contributed by atoms with Crippen molar-refractivity contribution in [3.63, 3.8) is 0 Å². The van der Waals surface area contributed by atoms with Crippen LogP contribution >= 0.6 is 0 Å². The number of carbonyl (C=O) groups is 2. The molecule has 0 aromatic heterocycles. The third kappa shape index (κ3) is 3.30. The highest BCUT2D eigenvalue weighted by atomic mass is 19.1. The summed E-state index contributed by atoms with van der Waals surface area (Å²) >= 11 is 0. The lowest BCUT2D eigenvalue weighted by Crippen LogP contribution is -2.37. The molecule has 0 fully saturated rings. The lowest BCUT2D eigenvalue weighted by molar-refractivity contribution is -0.123. The summed E-state index contributed by atoms with van der Waals surface area (Å²) in [6.45, 7) is 3.20. The van der Waals surface area contributed by atoms with Crippen molar-refractivity contribution in [3.05, 3.63) is 29.3 Å². The number of benzene rings is 1. The molecule has 0 atom stereocenters. The zero-order valence-electron chi connectivity index (χ0n) is 11.4. The number of nitrogens with one attached hydrogen (secondary N) is 1. The predicted molar refractivity (Wildman–Crippen MR) is 69.2 cm³/mol. The van der Waals surface area contributed by atoms with Crippen molar-refractivity contribution in [2.75, 3.05) is 19.0 Å². The Labute approximate surface area is 115 Å². The molecule has 5 nitrogen and oxygen atoms in total. The first-order valence-corrected chi connectivity index (χ1v) is 5.82. The first kappa shape index (κ1) is 16.0. The van der Waals surface area contributed by atoms with Gasteiger partial charge in [0.15, 0.2) is 0 Å². The fraction of sp³-hybridized carbons (Fsp3) is 0.385. The van der Waals surface area contributed by atoms with E-state index in [1.165, 1.54) is 0 Å². The molecule has 0 radical (unpaired) electrons. The first-order valence-electron chi connectivity index (χ1n) is 5.82. The van der Waals surface area contributed by atoms with E-state index in [9.17, 15) is 18.4 Å². The van der Waals surface area contributed by atoms with Gasteiger partial charge in [0.2, 0.25) is 5.91 Å². The van der Waals surface area contributed by atoms with Crippen LogP contribution in [0.1, 0.15) is 24.2 Å². The highest BCUT2D eigenvalue weighted by Crippen LogP contribution is 2.23. The number of ether oxygens (including phenoxy) is 1. The van der Waals surface area contributed by atoms with Gasteiger partial charge in [-0.25, -0.2) is 13.6 Å². The van der Waals surface area contributed by atoms with Gasteiger partial charge in [-0.15, -0.1) is 0 Å². The number of hydrogen-bond acceptors (Lipinski definition) is 4. The fourth-order valence-electron chi connectivity index (χ4n) is 1.30. The van der Waals surface area contributed by atoms with Gasteiger partial charge in [0.05, 0.1) is 23.8 Å². The third-order valence-corrected chi connectivity index (χ3v) is 2.84. The third-order valence-electron chi connectivity index (χ3n) is 2.84. The van der Waals surface area contributed by atoms with Crippen LogP contribution in [0.15, 0.2) is 12.1 Å². The maximum Gasteiger partial charge on any atom is 0.340 e. The van der Waals surface area contributed by atoms with Crippen LogP contribution in [-0.4, -0.2) is 25.5 Å². The maximum absolute atomic E-state index is 13.6. The molecule has 1 rings (SSSR count). The van der Waals surface area contributed by atoms with Crippen molar-refractivity contribution in [1.29, 1.82) is 0 Å². The van der Waals surface area contributed by atoms with E-state index in [0.29, 0.717) is 6.07 Å². The second-order valence-electron chi connectivity index (χ2n) is 4.85. The van der Waals surface area contributed by atoms with Gasteiger partial charge in [-0.05, 0) is 19.9 Å². The Morgan fingerprint density at radius 2 is 1.90 bits per heavy atom. The van der Waals surface area contributed by atoms with Gasteiger partial charge < -0.3 is 15.8 Å². The Hall–Kier alpha value is -2.02. The average molecular weight is 286 g/mol.